The van der Waals surface area contributed by atoms with Gasteiger partial charge in [-0.25, -0.2) is 0 Å². The van der Waals surface area contributed by atoms with Gasteiger partial charge in [-0.3, -0.25) is 19.3 Å². The van der Waals surface area contributed by atoms with E-state index in [0.717, 1.165) is 16.9 Å². The molecule has 0 heterocycles. The summed E-state index contributed by atoms with van der Waals surface area (Å²) in [5, 5.41) is 22.0. The van der Waals surface area contributed by atoms with E-state index in [2.05, 4.69) is 5.32 Å². The summed E-state index contributed by atoms with van der Waals surface area (Å²) in [6.07, 6.45) is 1.34. The number of nitrogens with zero attached hydrogens (tertiary/aromatic N) is 1. The van der Waals surface area contributed by atoms with Crippen molar-refractivity contribution in [2.75, 3.05) is 32.8 Å². The number of aryl methyl sites for hydroxylation is 2. The highest BCUT2D eigenvalue weighted by molar-refractivity contribution is 6.00. The molecule has 1 amide bonds. The van der Waals surface area contributed by atoms with Crippen LogP contribution in [0.15, 0.2) is 66.7 Å². The Kier molecular flexibility index (Phi) is 11.1. The fourth-order valence-electron chi connectivity index (χ4n) is 4.34. The molecule has 0 unspecified atom stereocenters. The number of phenolic OH excluding ortho intramolecular Hbond substituents is 2. The van der Waals surface area contributed by atoms with Crippen molar-refractivity contribution < 1.29 is 29.3 Å². The average molecular weight is 561 g/mol. The van der Waals surface area contributed by atoms with E-state index in [0.29, 0.717) is 30.6 Å². The van der Waals surface area contributed by atoms with Gasteiger partial charge in [0.1, 0.15) is 17.2 Å². The van der Waals surface area contributed by atoms with Crippen molar-refractivity contribution in [3.63, 3.8) is 0 Å². The molecule has 41 heavy (non-hydrogen) atoms. The van der Waals surface area contributed by atoms with Crippen molar-refractivity contribution in [3.8, 4) is 17.2 Å². The van der Waals surface area contributed by atoms with Gasteiger partial charge in [0.05, 0.1) is 19.7 Å². The van der Waals surface area contributed by atoms with Crippen LogP contribution in [0, 0.1) is 19.3 Å². The predicted octanol–water partition coefficient (Wildman–Crippen LogP) is 5.08. The Labute approximate surface area is 242 Å². The first kappa shape index (κ1) is 31.4. The third kappa shape index (κ3) is 9.76. The maximum Gasteiger partial charge on any atom is 0.225 e. The largest absolute Gasteiger partial charge is 0.508 e. The number of carbonyl (C=O) groups is 3. The van der Waals surface area contributed by atoms with Crippen LogP contribution in [0.5, 0.6) is 17.2 Å². The van der Waals surface area contributed by atoms with Gasteiger partial charge in [-0.15, -0.1) is 0 Å². The second-order valence-corrected chi connectivity index (χ2v) is 11.0. The third-order valence-electron chi connectivity index (χ3n) is 6.99. The van der Waals surface area contributed by atoms with Gasteiger partial charge in [0.15, 0.2) is 11.6 Å². The summed E-state index contributed by atoms with van der Waals surface area (Å²) in [7, 11) is 0. The molecule has 0 saturated carbocycles. The molecule has 0 radical (unpaired) electrons. The topological polar surface area (TPSA) is 116 Å². The van der Waals surface area contributed by atoms with Gasteiger partial charge in [-0.2, -0.15) is 0 Å². The molecule has 0 aliphatic carbocycles. The maximum atomic E-state index is 13.0. The number of aromatic hydroxyl groups is 2. The van der Waals surface area contributed by atoms with Crippen molar-refractivity contribution >= 4 is 17.5 Å². The zero-order valence-electron chi connectivity index (χ0n) is 24.3. The van der Waals surface area contributed by atoms with Crippen molar-refractivity contribution in [2.45, 2.75) is 40.5 Å². The van der Waals surface area contributed by atoms with Gasteiger partial charge < -0.3 is 20.3 Å². The van der Waals surface area contributed by atoms with E-state index in [1.165, 1.54) is 48.5 Å². The number of ether oxygens (including phenoxy) is 1. The maximum absolute atomic E-state index is 13.0. The van der Waals surface area contributed by atoms with Gasteiger partial charge in [-0.1, -0.05) is 26.0 Å². The van der Waals surface area contributed by atoms with Gasteiger partial charge in [-0.05, 0) is 92.4 Å². The molecule has 0 fully saturated rings. The summed E-state index contributed by atoms with van der Waals surface area (Å²) in [4.78, 5) is 40.5. The Bertz CT molecular complexity index is 1270. The monoisotopic (exact) mass is 560 g/mol. The van der Waals surface area contributed by atoms with Crippen LogP contribution >= 0.6 is 0 Å². The van der Waals surface area contributed by atoms with Crippen molar-refractivity contribution in [1.82, 2.24) is 10.2 Å². The molecule has 218 valence electrons. The lowest BCUT2D eigenvalue weighted by Gasteiger charge is -2.25. The molecule has 3 aromatic carbocycles. The standard InChI is InChI=1S/C33H40N2O6/c1-23-6-7-24(2)31(20-23)41-19-5-16-33(3,4)32(40)34-17-18-35(21-29(38)25-8-12-27(36)13-9-25)22-30(39)26-10-14-28(37)15-11-26/h6-15,20,36-37H,5,16-19,21-22H2,1-4H3,(H,34,40). The summed E-state index contributed by atoms with van der Waals surface area (Å²) in [6, 6.07) is 18.0. The zero-order chi connectivity index (χ0) is 30.0. The molecule has 3 aromatic rings. The van der Waals surface area contributed by atoms with Gasteiger partial charge >= 0.3 is 0 Å². The first-order chi connectivity index (χ1) is 19.4. The van der Waals surface area contributed by atoms with Gasteiger partial charge in [0, 0.05) is 29.6 Å². The summed E-state index contributed by atoms with van der Waals surface area (Å²) >= 11 is 0. The Morgan fingerprint density at radius 1 is 0.829 bits per heavy atom. The molecule has 3 rings (SSSR count). The lowest BCUT2D eigenvalue weighted by molar-refractivity contribution is -0.129. The molecule has 0 aliphatic heterocycles. The van der Waals surface area contributed by atoms with E-state index in [4.69, 9.17) is 4.74 Å². The molecule has 8 nitrogen and oxygen atoms in total. The highest BCUT2D eigenvalue weighted by Gasteiger charge is 2.27. The minimum atomic E-state index is -0.625. The zero-order valence-corrected chi connectivity index (χ0v) is 24.3. The fraction of sp³-hybridized carbons (Fsp3) is 0.364. The molecular formula is C33H40N2O6. The first-order valence-electron chi connectivity index (χ1n) is 13.8. The molecule has 3 N–H and O–H groups in total. The lowest BCUT2D eigenvalue weighted by Crippen LogP contribution is -2.43. The summed E-state index contributed by atoms with van der Waals surface area (Å²) < 4.78 is 5.94. The number of hydrogen-bond donors (Lipinski definition) is 3. The van der Waals surface area contributed by atoms with Crippen LogP contribution in [0.2, 0.25) is 0 Å². The lowest BCUT2D eigenvalue weighted by atomic mass is 9.87. The van der Waals surface area contributed by atoms with Crippen molar-refractivity contribution in [1.29, 1.82) is 0 Å². The van der Waals surface area contributed by atoms with E-state index in [1.807, 2.05) is 45.9 Å². The van der Waals surface area contributed by atoms with Crippen LogP contribution in [0.25, 0.3) is 0 Å². The van der Waals surface area contributed by atoms with E-state index >= 15 is 0 Å². The normalized spacial score (nSPS) is 11.3. The van der Waals surface area contributed by atoms with Crippen molar-refractivity contribution in [2.24, 2.45) is 5.41 Å². The number of benzene rings is 3. The van der Waals surface area contributed by atoms with Crippen LogP contribution in [-0.2, 0) is 4.79 Å². The quantitative estimate of drug-likeness (QED) is 0.175. The second kappa shape index (κ2) is 14.5. The van der Waals surface area contributed by atoms with E-state index in [1.54, 1.807) is 4.90 Å². The van der Waals surface area contributed by atoms with Gasteiger partial charge in [0.25, 0.3) is 0 Å². The highest BCUT2D eigenvalue weighted by atomic mass is 16.5. The number of amides is 1. The second-order valence-electron chi connectivity index (χ2n) is 11.0. The number of ketones is 2. The number of rotatable bonds is 15. The predicted molar refractivity (Wildman–Crippen MR) is 159 cm³/mol. The molecule has 8 heteroatoms. The van der Waals surface area contributed by atoms with Crippen molar-refractivity contribution in [3.05, 3.63) is 89.0 Å². The molecule has 0 bridgehead atoms. The molecule has 0 saturated heterocycles. The summed E-state index contributed by atoms with van der Waals surface area (Å²) in [5.74, 6) is 0.444. The van der Waals surface area contributed by atoms with Crippen LogP contribution in [0.4, 0.5) is 0 Å². The van der Waals surface area contributed by atoms with Crippen LogP contribution < -0.4 is 10.1 Å². The Morgan fingerprint density at radius 3 is 1.90 bits per heavy atom. The average Bonchev–Trinajstić information content (AvgIpc) is 2.93. The summed E-state index contributed by atoms with van der Waals surface area (Å²) in [6.45, 7) is 8.78. The van der Waals surface area contributed by atoms with E-state index < -0.39 is 5.41 Å². The smallest absolute Gasteiger partial charge is 0.225 e. The molecular weight excluding hydrogens is 520 g/mol. The van der Waals surface area contributed by atoms with Crippen LogP contribution in [0.3, 0.4) is 0 Å². The van der Waals surface area contributed by atoms with Gasteiger partial charge in [0.2, 0.25) is 5.91 Å². The number of hydrogen-bond acceptors (Lipinski definition) is 7. The fourth-order valence-corrected chi connectivity index (χ4v) is 4.34. The Hall–Kier alpha value is -4.17. The molecule has 0 aliphatic rings. The van der Waals surface area contributed by atoms with Crippen LogP contribution in [0.1, 0.15) is 58.5 Å². The third-order valence-corrected chi connectivity index (χ3v) is 6.99. The minimum Gasteiger partial charge on any atom is -0.508 e. The molecule has 0 aromatic heterocycles. The van der Waals surface area contributed by atoms with E-state index in [9.17, 15) is 24.6 Å². The molecule has 0 atom stereocenters. The number of Topliss-reactive ketones (excluding diaryl/α,β-unsaturated/α-hetero) is 2. The summed E-state index contributed by atoms with van der Waals surface area (Å²) in [5.41, 5.74) is 2.41. The first-order valence-corrected chi connectivity index (χ1v) is 13.8. The highest BCUT2D eigenvalue weighted by Crippen LogP contribution is 2.24. The minimum absolute atomic E-state index is 0.0381. The van der Waals surface area contributed by atoms with Crippen LogP contribution in [-0.4, -0.2) is 65.4 Å². The number of phenols is 2. The Morgan fingerprint density at radius 2 is 1.37 bits per heavy atom. The number of nitrogens with one attached hydrogen (secondary N) is 1. The SMILES string of the molecule is Cc1ccc(C)c(OCCCC(C)(C)C(=O)NCCN(CC(=O)c2ccc(O)cc2)CC(=O)c2ccc(O)cc2)c1. The van der Waals surface area contributed by atoms with E-state index in [-0.39, 0.29) is 55.2 Å². The molecule has 0 spiro atoms. The number of carbonyl (C=O) groups excluding carboxylic acids is 3. The Balaban J connectivity index is 1.54.